The van der Waals surface area contributed by atoms with E-state index in [1.807, 2.05) is 19.9 Å². The monoisotopic (exact) mass is 361 g/mol. The van der Waals surface area contributed by atoms with E-state index < -0.39 is 0 Å². The molecular weight excluding hydrogens is 338 g/mol. The van der Waals surface area contributed by atoms with Crippen molar-refractivity contribution in [3.63, 3.8) is 0 Å². The summed E-state index contributed by atoms with van der Waals surface area (Å²) in [5.41, 5.74) is 3.13. The van der Waals surface area contributed by atoms with Gasteiger partial charge in [0.2, 0.25) is 5.91 Å². The number of hydrogen-bond donors (Lipinski definition) is 0. The number of carbonyl (C=O) groups excluding carboxylic acids is 3. The summed E-state index contributed by atoms with van der Waals surface area (Å²) in [6.45, 7) is 8.23. The lowest BCUT2D eigenvalue weighted by Gasteiger charge is -2.18. The highest BCUT2D eigenvalue weighted by Crippen LogP contribution is 2.33. The molecule has 25 heavy (non-hydrogen) atoms. The van der Waals surface area contributed by atoms with E-state index in [9.17, 15) is 14.4 Å². The molecule has 2 saturated heterocycles. The SMILES string of the molecule is CCn1c(C)cc(/C=C2\SC(=O)N(CC(=O)N3CCCC3)C2=O)c1C. The van der Waals surface area contributed by atoms with Crippen LogP contribution in [-0.4, -0.2) is 51.1 Å². The number of likely N-dealkylation sites (tertiary alicyclic amines) is 1. The van der Waals surface area contributed by atoms with Crippen molar-refractivity contribution in [2.45, 2.75) is 40.2 Å². The standard InChI is InChI=1S/C18H23N3O3S/c1-4-20-12(2)9-14(13(20)3)10-15-17(23)21(18(24)25-15)11-16(22)19-7-5-6-8-19/h9-10H,4-8,11H2,1-3H3/b15-10-. The lowest BCUT2D eigenvalue weighted by molar-refractivity contribution is -0.135. The molecule has 0 spiro atoms. The van der Waals surface area contributed by atoms with Crippen LogP contribution in [0.1, 0.15) is 36.7 Å². The number of imide groups is 1. The molecule has 134 valence electrons. The quantitative estimate of drug-likeness (QED) is 0.774. The summed E-state index contributed by atoms with van der Waals surface area (Å²) in [4.78, 5) is 40.2. The number of rotatable bonds is 4. The van der Waals surface area contributed by atoms with E-state index >= 15 is 0 Å². The molecule has 3 amide bonds. The summed E-state index contributed by atoms with van der Waals surface area (Å²) in [6, 6.07) is 2.02. The molecule has 0 radical (unpaired) electrons. The number of nitrogens with zero attached hydrogens (tertiary/aromatic N) is 3. The predicted octanol–water partition coefficient (Wildman–Crippen LogP) is 2.78. The van der Waals surface area contributed by atoms with Gasteiger partial charge in [0.05, 0.1) is 4.91 Å². The maximum absolute atomic E-state index is 12.6. The van der Waals surface area contributed by atoms with Crippen LogP contribution < -0.4 is 0 Å². The predicted molar refractivity (Wildman–Crippen MR) is 98.1 cm³/mol. The Hall–Kier alpha value is -2.02. The fraction of sp³-hybridized carbons (Fsp3) is 0.500. The Balaban J connectivity index is 1.77. The number of carbonyl (C=O) groups is 3. The van der Waals surface area contributed by atoms with Crippen molar-refractivity contribution in [1.29, 1.82) is 0 Å². The average Bonchev–Trinajstić information content (AvgIpc) is 3.25. The van der Waals surface area contributed by atoms with Gasteiger partial charge < -0.3 is 9.47 Å². The molecule has 3 heterocycles. The second-order valence-electron chi connectivity index (χ2n) is 6.43. The summed E-state index contributed by atoms with van der Waals surface area (Å²) in [6.07, 6.45) is 3.74. The molecule has 0 N–H and O–H groups in total. The van der Waals surface area contributed by atoms with E-state index in [1.165, 1.54) is 0 Å². The van der Waals surface area contributed by atoms with E-state index in [0.29, 0.717) is 18.0 Å². The first-order valence-corrected chi connectivity index (χ1v) is 9.44. The third-order valence-corrected chi connectivity index (χ3v) is 5.75. The minimum absolute atomic E-state index is 0.148. The van der Waals surface area contributed by atoms with Crippen LogP contribution in [0.3, 0.4) is 0 Å². The zero-order valence-electron chi connectivity index (χ0n) is 14.9. The number of hydrogen-bond acceptors (Lipinski definition) is 4. The Kier molecular flexibility index (Phi) is 5.03. The summed E-state index contributed by atoms with van der Waals surface area (Å²) in [5, 5.41) is -0.368. The van der Waals surface area contributed by atoms with Crippen LogP contribution in [0.2, 0.25) is 0 Å². The highest BCUT2D eigenvalue weighted by molar-refractivity contribution is 8.18. The normalized spacial score (nSPS) is 19.6. The topological polar surface area (TPSA) is 62.6 Å². The van der Waals surface area contributed by atoms with Crippen LogP contribution in [0.15, 0.2) is 11.0 Å². The Morgan fingerprint density at radius 2 is 1.92 bits per heavy atom. The molecule has 0 aliphatic carbocycles. The third-order valence-electron chi connectivity index (χ3n) is 4.84. The fourth-order valence-electron chi connectivity index (χ4n) is 3.44. The van der Waals surface area contributed by atoms with Gasteiger partial charge in [-0.1, -0.05) is 0 Å². The fourth-order valence-corrected chi connectivity index (χ4v) is 4.27. The Bertz CT molecular complexity index is 760. The molecule has 3 rings (SSSR count). The largest absolute Gasteiger partial charge is 0.349 e. The van der Waals surface area contributed by atoms with E-state index in [-0.39, 0.29) is 23.6 Å². The van der Waals surface area contributed by atoms with Crippen molar-refractivity contribution in [3.8, 4) is 0 Å². The molecule has 1 aromatic heterocycles. The number of amides is 3. The summed E-state index contributed by atoms with van der Waals surface area (Å²) in [5.74, 6) is -0.519. The van der Waals surface area contributed by atoms with Gasteiger partial charge in [-0.3, -0.25) is 19.3 Å². The number of thioether (sulfide) groups is 1. The molecule has 0 saturated carbocycles. The summed E-state index contributed by atoms with van der Waals surface area (Å²) >= 11 is 0.911. The minimum atomic E-state index is -0.371. The van der Waals surface area contributed by atoms with E-state index in [2.05, 4.69) is 11.5 Å². The molecule has 0 atom stereocenters. The van der Waals surface area contributed by atoms with Crippen molar-refractivity contribution in [1.82, 2.24) is 14.4 Å². The van der Waals surface area contributed by atoms with Gasteiger partial charge in [-0.2, -0.15) is 0 Å². The van der Waals surface area contributed by atoms with Crippen LogP contribution >= 0.6 is 11.8 Å². The van der Waals surface area contributed by atoms with Gasteiger partial charge in [-0.25, -0.2) is 0 Å². The van der Waals surface area contributed by atoms with Crippen molar-refractivity contribution in [2.24, 2.45) is 0 Å². The first kappa shape index (κ1) is 17.8. The lowest BCUT2D eigenvalue weighted by Crippen LogP contribution is -2.40. The zero-order valence-corrected chi connectivity index (χ0v) is 15.7. The van der Waals surface area contributed by atoms with E-state index in [1.54, 1.807) is 11.0 Å². The molecule has 2 aliphatic rings. The molecule has 1 aromatic rings. The van der Waals surface area contributed by atoms with Gasteiger partial charge in [0.1, 0.15) is 6.54 Å². The second kappa shape index (κ2) is 7.07. The summed E-state index contributed by atoms with van der Waals surface area (Å²) in [7, 11) is 0. The molecule has 7 heteroatoms. The van der Waals surface area contributed by atoms with Crippen molar-refractivity contribution < 1.29 is 14.4 Å². The molecule has 0 unspecified atom stereocenters. The number of aromatic nitrogens is 1. The molecule has 2 aliphatic heterocycles. The number of aryl methyl sites for hydroxylation is 1. The Labute approximate surface area is 151 Å². The van der Waals surface area contributed by atoms with Crippen molar-refractivity contribution in [2.75, 3.05) is 19.6 Å². The van der Waals surface area contributed by atoms with E-state index in [4.69, 9.17) is 0 Å². The zero-order chi connectivity index (χ0) is 18.1. The van der Waals surface area contributed by atoms with Crippen molar-refractivity contribution in [3.05, 3.63) is 27.9 Å². The Morgan fingerprint density at radius 1 is 1.24 bits per heavy atom. The third kappa shape index (κ3) is 3.38. The van der Waals surface area contributed by atoms with Gasteiger partial charge in [-0.15, -0.1) is 0 Å². The molecular formula is C18H23N3O3S. The Morgan fingerprint density at radius 3 is 2.52 bits per heavy atom. The maximum atomic E-state index is 12.6. The summed E-state index contributed by atoms with van der Waals surface area (Å²) < 4.78 is 2.16. The van der Waals surface area contributed by atoms with Gasteiger partial charge in [0.25, 0.3) is 11.1 Å². The lowest BCUT2D eigenvalue weighted by atomic mass is 10.2. The van der Waals surface area contributed by atoms with Crippen LogP contribution in [0.4, 0.5) is 4.79 Å². The van der Waals surface area contributed by atoms with Crippen LogP contribution in [0.25, 0.3) is 6.08 Å². The van der Waals surface area contributed by atoms with Crippen LogP contribution in [0, 0.1) is 13.8 Å². The molecule has 0 bridgehead atoms. The van der Waals surface area contributed by atoms with Crippen LogP contribution in [0.5, 0.6) is 0 Å². The van der Waals surface area contributed by atoms with Gasteiger partial charge in [0.15, 0.2) is 0 Å². The smallest absolute Gasteiger partial charge is 0.294 e. The first-order chi connectivity index (χ1) is 11.9. The van der Waals surface area contributed by atoms with Gasteiger partial charge in [0, 0.05) is 31.0 Å². The molecule has 6 nitrogen and oxygen atoms in total. The van der Waals surface area contributed by atoms with Crippen molar-refractivity contribution >= 4 is 34.9 Å². The molecule has 0 aromatic carbocycles. The molecule has 2 fully saturated rings. The van der Waals surface area contributed by atoms with Gasteiger partial charge in [-0.05, 0) is 63.1 Å². The van der Waals surface area contributed by atoms with E-state index in [0.717, 1.165) is 53.0 Å². The second-order valence-corrected chi connectivity index (χ2v) is 7.42. The highest BCUT2D eigenvalue weighted by atomic mass is 32.2. The van der Waals surface area contributed by atoms with Gasteiger partial charge >= 0.3 is 0 Å². The van der Waals surface area contributed by atoms with Crippen LogP contribution in [-0.2, 0) is 16.1 Å². The maximum Gasteiger partial charge on any atom is 0.294 e. The highest BCUT2D eigenvalue weighted by Gasteiger charge is 2.37. The first-order valence-electron chi connectivity index (χ1n) is 8.62. The average molecular weight is 361 g/mol. The minimum Gasteiger partial charge on any atom is -0.349 e.